The van der Waals surface area contributed by atoms with Crippen molar-refractivity contribution in [1.82, 2.24) is 0 Å². The van der Waals surface area contributed by atoms with Gasteiger partial charge in [-0.05, 0) is 25.8 Å². The van der Waals surface area contributed by atoms with Crippen molar-refractivity contribution in [1.29, 1.82) is 0 Å². The molecule has 0 amide bonds. The zero-order valence-electron chi connectivity index (χ0n) is 10.4. The first-order valence-electron chi connectivity index (χ1n) is 5.91. The number of carbonyl (C=O) groups is 1. The van der Waals surface area contributed by atoms with Gasteiger partial charge >= 0.3 is 5.97 Å². The predicted octanol–water partition coefficient (Wildman–Crippen LogP) is 4.15. The summed E-state index contributed by atoms with van der Waals surface area (Å²) in [4.78, 5) is 11.3. The average Bonchev–Trinajstić information content (AvgIpc) is 2.29. The van der Waals surface area contributed by atoms with Gasteiger partial charge in [0.05, 0.1) is 11.8 Å². The largest absolute Gasteiger partial charge is 0.431 e. The molecule has 0 aromatic carbocycles. The van der Waals surface area contributed by atoms with Crippen molar-refractivity contribution in [3.63, 3.8) is 0 Å². The van der Waals surface area contributed by atoms with E-state index in [1.807, 2.05) is 6.08 Å². The lowest BCUT2D eigenvalue weighted by molar-refractivity contribution is -0.133. The van der Waals surface area contributed by atoms with Crippen LogP contribution in [0.1, 0.15) is 46.0 Å². The van der Waals surface area contributed by atoms with Crippen LogP contribution in [0.15, 0.2) is 36.6 Å². The van der Waals surface area contributed by atoms with E-state index in [0.29, 0.717) is 5.57 Å². The summed E-state index contributed by atoms with van der Waals surface area (Å²) in [7, 11) is 0. The van der Waals surface area contributed by atoms with Gasteiger partial charge in [0.15, 0.2) is 0 Å². The maximum absolute atomic E-state index is 11.3. The van der Waals surface area contributed by atoms with Gasteiger partial charge < -0.3 is 4.74 Å². The van der Waals surface area contributed by atoms with Crippen LogP contribution in [-0.2, 0) is 9.53 Å². The highest BCUT2D eigenvalue weighted by molar-refractivity contribution is 5.91. The highest BCUT2D eigenvalue weighted by atomic mass is 16.5. The first kappa shape index (κ1) is 14.7. The van der Waals surface area contributed by atoms with Crippen LogP contribution < -0.4 is 0 Å². The van der Waals surface area contributed by atoms with Crippen LogP contribution in [0.4, 0.5) is 0 Å². The van der Waals surface area contributed by atoms with E-state index in [2.05, 4.69) is 13.5 Å². The number of hydrogen-bond acceptors (Lipinski definition) is 2. The molecule has 0 atom stereocenters. The van der Waals surface area contributed by atoms with Crippen molar-refractivity contribution >= 4 is 5.97 Å². The molecular formula is C14H22O2. The van der Waals surface area contributed by atoms with E-state index in [1.54, 1.807) is 13.0 Å². The second kappa shape index (κ2) is 10.2. The van der Waals surface area contributed by atoms with Crippen molar-refractivity contribution < 1.29 is 9.53 Å². The minimum atomic E-state index is -0.345. The fraction of sp³-hybridized carbons (Fsp3) is 0.500. The Bertz CT molecular complexity index is 262. The molecule has 2 heteroatoms. The molecule has 0 spiro atoms. The first-order chi connectivity index (χ1) is 7.76. The van der Waals surface area contributed by atoms with Gasteiger partial charge in [0, 0.05) is 0 Å². The smallest absolute Gasteiger partial charge is 0.342 e. The van der Waals surface area contributed by atoms with Gasteiger partial charge in [0.2, 0.25) is 0 Å². The summed E-state index contributed by atoms with van der Waals surface area (Å²) in [5, 5.41) is 0. The molecule has 0 aromatic heterocycles. The summed E-state index contributed by atoms with van der Waals surface area (Å²) in [6, 6.07) is 0. The fourth-order valence-electron chi connectivity index (χ4n) is 1.25. The Balaban J connectivity index is 3.67. The van der Waals surface area contributed by atoms with E-state index in [-0.39, 0.29) is 5.97 Å². The standard InChI is InChI=1S/C14H22O2/c1-4-7-8-9-10-11-12-16-14(15)13(5-2)6-3/h5-6,11-12H,2,4,7-10H2,1,3H3. The third-order valence-corrected chi connectivity index (χ3v) is 2.26. The second-order valence-corrected chi connectivity index (χ2v) is 3.57. The maximum Gasteiger partial charge on any atom is 0.342 e. The molecule has 0 aliphatic heterocycles. The quantitative estimate of drug-likeness (QED) is 0.203. The Morgan fingerprint density at radius 2 is 2.06 bits per heavy atom. The summed E-state index contributed by atoms with van der Waals surface area (Å²) >= 11 is 0. The van der Waals surface area contributed by atoms with Crippen LogP contribution in [-0.4, -0.2) is 5.97 Å². The number of allylic oxidation sites excluding steroid dienone is 2. The number of carbonyl (C=O) groups excluding carboxylic acids is 1. The van der Waals surface area contributed by atoms with Gasteiger partial charge in [-0.25, -0.2) is 4.79 Å². The molecule has 0 bridgehead atoms. The highest BCUT2D eigenvalue weighted by Crippen LogP contribution is 2.04. The van der Waals surface area contributed by atoms with Crippen LogP contribution in [0.25, 0.3) is 0 Å². The number of hydrogen-bond donors (Lipinski definition) is 0. The molecule has 0 aliphatic carbocycles. The second-order valence-electron chi connectivity index (χ2n) is 3.57. The highest BCUT2D eigenvalue weighted by Gasteiger charge is 2.02. The molecule has 0 N–H and O–H groups in total. The molecule has 90 valence electrons. The normalized spacial score (nSPS) is 11.8. The molecule has 0 rings (SSSR count). The zero-order valence-corrected chi connectivity index (χ0v) is 10.4. The van der Waals surface area contributed by atoms with Crippen molar-refractivity contribution in [3.8, 4) is 0 Å². The number of rotatable bonds is 8. The summed E-state index contributed by atoms with van der Waals surface area (Å²) in [6.07, 6.45) is 12.4. The minimum Gasteiger partial charge on any atom is -0.431 e. The number of esters is 1. The van der Waals surface area contributed by atoms with Crippen molar-refractivity contribution in [2.45, 2.75) is 46.0 Å². The maximum atomic E-state index is 11.3. The van der Waals surface area contributed by atoms with Gasteiger partial charge in [0.25, 0.3) is 0 Å². The Kier molecular flexibility index (Phi) is 9.38. The van der Waals surface area contributed by atoms with Crippen LogP contribution >= 0.6 is 0 Å². The van der Waals surface area contributed by atoms with Crippen LogP contribution in [0, 0.1) is 0 Å². The summed E-state index contributed by atoms with van der Waals surface area (Å²) in [5.74, 6) is -0.345. The SMILES string of the molecule is C=CC(=CC)C(=O)OC=CCCCCCC. The van der Waals surface area contributed by atoms with E-state index in [1.165, 1.54) is 31.6 Å². The Morgan fingerprint density at radius 1 is 1.31 bits per heavy atom. The van der Waals surface area contributed by atoms with Crippen molar-refractivity contribution in [2.75, 3.05) is 0 Å². The average molecular weight is 222 g/mol. The van der Waals surface area contributed by atoms with Crippen LogP contribution in [0.3, 0.4) is 0 Å². The summed E-state index contributed by atoms with van der Waals surface area (Å²) < 4.78 is 4.93. The summed E-state index contributed by atoms with van der Waals surface area (Å²) in [5.41, 5.74) is 0.496. The molecule has 16 heavy (non-hydrogen) atoms. The molecular weight excluding hydrogens is 200 g/mol. The van der Waals surface area contributed by atoms with Crippen LogP contribution in [0.5, 0.6) is 0 Å². The predicted molar refractivity (Wildman–Crippen MR) is 67.9 cm³/mol. The van der Waals surface area contributed by atoms with E-state index >= 15 is 0 Å². The topological polar surface area (TPSA) is 26.3 Å². The van der Waals surface area contributed by atoms with Gasteiger partial charge in [-0.2, -0.15) is 0 Å². The number of ether oxygens (including phenoxy) is 1. The number of unbranched alkanes of at least 4 members (excludes halogenated alkanes) is 4. The Hall–Kier alpha value is -1.31. The monoisotopic (exact) mass is 222 g/mol. The van der Waals surface area contributed by atoms with Crippen LogP contribution in [0.2, 0.25) is 0 Å². The van der Waals surface area contributed by atoms with Gasteiger partial charge in [-0.15, -0.1) is 0 Å². The molecule has 0 saturated heterocycles. The lowest BCUT2D eigenvalue weighted by Crippen LogP contribution is -2.01. The molecule has 0 aromatic rings. The minimum absolute atomic E-state index is 0.345. The fourth-order valence-corrected chi connectivity index (χ4v) is 1.25. The van der Waals surface area contributed by atoms with Gasteiger partial charge in [-0.1, -0.05) is 44.9 Å². The first-order valence-corrected chi connectivity index (χ1v) is 5.91. The third-order valence-electron chi connectivity index (χ3n) is 2.26. The molecule has 0 fully saturated rings. The van der Waals surface area contributed by atoms with Crippen molar-refractivity contribution in [3.05, 3.63) is 36.6 Å². The van der Waals surface area contributed by atoms with E-state index in [4.69, 9.17) is 4.74 Å². The lowest BCUT2D eigenvalue weighted by Gasteiger charge is -1.98. The van der Waals surface area contributed by atoms with E-state index in [0.717, 1.165) is 12.8 Å². The van der Waals surface area contributed by atoms with E-state index in [9.17, 15) is 4.79 Å². The molecule has 0 unspecified atom stereocenters. The molecule has 2 nitrogen and oxygen atoms in total. The van der Waals surface area contributed by atoms with Gasteiger partial charge in [0.1, 0.15) is 0 Å². The Labute approximate surface area is 98.7 Å². The van der Waals surface area contributed by atoms with E-state index < -0.39 is 0 Å². The molecule has 0 heterocycles. The third kappa shape index (κ3) is 7.04. The summed E-state index contributed by atoms with van der Waals surface area (Å²) in [6.45, 7) is 7.51. The van der Waals surface area contributed by atoms with Gasteiger partial charge in [-0.3, -0.25) is 0 Å². The van der Waals surface area contributed by atoms with Crippen molar-refractivity contribution in [2.24, 2.45) is 0 Å². The lowest BCUT2D eigenvalue weighted by atomic mass is 10.1. The zero-order chi connectivity index (χ0) is 12.2. The molecule has 0 radical (unpaired) electrons. The Morgan fingerprint density at radius 3 is 2.62 bits per heavy atom. The molecule has 0 aliphatic rings. The molecule has 0 saturated carbocycles.